The lowest BCUT2D eigenvalue weighted by atomic mass is 9.86. The van der Waals surface area contributed by atoms with E-state index in [2.05, 4.69) is 30.6 Å². The van der Waals surface area contributed by atoms with Gasteiger partial charge in [0.1, 0.15) is 0 Å². The molecule has 118 valence electrons. The molecule has 0 spiro atoms. The van der Waals surface area contributed by atoms with E-state index in [9.17, 15) is 0 Å². The van der Waals surface area contributed by atoms with E-state index in [1.807, 2.05) is 0 Å². The molecule has 2 heterocycles. The minimum Gasteiger partial charge on any atom is -0.329 e. The summed E-state index contributed by atoms with van der Waals surface area (Å²) in [4.78, 5) is 5.43. The second kappa shape index (κ2) is 7.24. The summed E-state index contributed by atoms with van der Waals surface area (Å²) in [7, 11) is 0. The number of piperidine rings is 2. The van der Waals surface area contributed by atoms with Gasteiger partial charge in [-0.15, -0.1) is 0 Å². The SMILES string of the molecule is CC(C)CC(C)(CN)N1CCC(N2CCCCC2)CC1. The van der Waals surface area contributed by atoms with E-state index in [1.54, 1.807) is 0 Å². The van der Waals surface area contributed by atoms with Crippen molar-refractivity contribution in [3.63, 3.8) is 0 Å². The lowest BCUT2D eigenvalue weighted by molar-refractivity contribution is 0.0271. The van der Waals surface area contributed by atoms with Gasteiger partial charge in [0.25, 0.3) is 0 Å². The Bertz CT molecular complexity index is 278. The zero-order valence-electron chi connectivity index (χ0n) is 13.9. The third-order valence-electron chi connectivity index (χ3n) is 5.42. The first-order valence-corrected chi connectivity index (χ1v) is 8.74. The van der Waals surface area contributed by atoms with Gasteiger partial charge in [0.2, 0.25) is 0 Å². The molecule has 0 aromatic rings. The number of likely N-dealkylation sites (tertiary alicyclic amines) is 2. The van der Waals surface area contributed by atoms with Crippen LogP contribution in [0.5, 0.6) is 0 Å². The fourth-order valence-electron chi connectivity index (χ4n) is 4.28. The smallest absolute Gasteiger partial charge is 0.0306 e. The van der Waals surface area contributed by atoms with Crippen molar-refractivity contribution in [3.8, 4) is 0 Å². The summed E-state index contributed by atoms with van der Waals surface area (Å²) in [6, 6.07) is 0.840. The Balaban J connectivity index is 1.86. The molecule has 0 bridgehead atoms. The van der Waals surface area contributed by atoms with E-state index in [0.29, 0.717) is 0 Å². The molecular weight excluding hydrogens is 246 g/mol. The van der Waals surface area contributed by atoms with Gasteiger partial charge in [-0.1, -0.05) is 20.3 Å². The van der Waals surface area contributed by atoms with Crippen LogP contribution in [-0.2, 0) is 0 Å². The van der Waals surface area contributed by atoms with Crippen LogP contribution in [0.4, 0.5) is 0 Å². The van der Waals surface area contributed by atoms with Crippen molar-refractivity contribution in [1.82, 2.24) is 9.80 Å². The molecule has 1 atom stereocenters. The predicted octanol–water partition coefficient (Wildman–Crippen LogP) is 2.70. The maximum absolute atomic E-state index is 6.11. The summed E-state index contributed by atoms with van der Waals surface area (Å²) < 4.78 is 0. The molecule has 0 amide bonds. The van der Waals surface area contributed by atoms with E-state index < -0.39 is 0 Å². The van der Waals surface area contributed by atoms with Crippen LogP contribution in [-0.4, -0.2) is 54.1 Å². The van der Waals surface area contributed by atoms with Crippen molar-refractivity contribution in [1.29, 1.82) is 0 Å². The van der Waals surface area contributed by atoms with Crippen molar-refractivity contribution in [3.05, 3.63) is 0 Å². The van der Waals surface area contributed by atoms with Crippen LogP contribution in [0.2, 0.25) is 0 Å². The monoisotopic (exact) mass is 281 g/mol. The van der Waals surface area contributed by atoms with E-state index in [4.69, 9.17) is 5.73 Å². The van der Waals surface area contributed by atoms with Gasteiger partial charge in [-0.05, 0) is 58.0 Å². The number of hydrogen-bond acceptors (Lipinski definition) is 3. The zero-order chi connectivity index (χ0) is 14.6. The molecule has 3 nitrogen and oxygen atoms in total. The topological polar surface area (TPSA) is 32.5 Å². The van der Waals surface area contributed by atoms with Gasteiger partial charge >= 0.3 is 0 Å². The molecule has 2 saturated heterocycles. The largest absolute Gasteiger partial charge is 0.329 e. The Morgan fingerprint density at radius 1 is 1.05 bits per heavy atom. The van der Waals surface area contributed by atoms with Crippen LogP contribution in [0.3, 0.4) is 0 Å². The van der Waals surface area contributed by atoms with Gasteiger partial charge in [0.05, 0.1) is 0 Å². The number of rotatable bonds is 5. The molecule has 2 aliphatic rings. The summed E-state index contributed by atoms with van der Waals surface area (Å²) in [5.41, 5.74) is 6.32. The van der Waals surface area contributed by atoms with Crippen molar-refractivity contribution in [2.24, 2.45) is 11.7 Å². The molecule has 2 aliphatic heterocycles. The molecule has 0 aliphatic carbocycles. The molecule has 20 heavy (non-hydrogen) atoms. The molecule has 1 unspecified atom stereocenters. The molecular formula is C17H35N3. The highest BCUT2D eigenvalue weighted by Gasteiger charge is 2.35. The summed E-state index contributed by atoms with van der Waals surface area (Å²) in [6.45, 7) is 12.9. The molecule has 0 radical (unpaired) electrons. The first-order valence-electron chi connectivity index (χ1n) is 8.74. The van der Waals surface area contributed by atoms with Crippen LogP contribution in [0.15, 0.2) is 0 Å². The van der Waals surface area contributed by atoms with Crippen LogP contribution < -0.4 is 5.73 Å². The van der Waals surface area contributed by atoms with Crippen molar-refractivity contribution in [2.75, 3.05) is 32.7 Å². The number of nitrogens with zero attached hydrogens (tertiary/aromatic N) is 2. The van der Waals surface area contributed by atoms with E-state index in [1.165, 1.54) is 64.7 Å². The second-order valence-corrected chi connectivity index (χ2v) is 7.61. The van der Waals surface area contributed by atoms with E-state index in [-0.39, 0.29) is 5.54 Å². The lowest BCUT2D eigenvalue weighted by Crippen LogP contribution is -2.57. The molecule has 3 heteroatoms. The first kappa shape index (κ1) is 16.3. The Morgan fingerprint density at radius 2 is 1.65 bits per heavy atom. The van der Waals surface area contributed by atoms with Crippen molar-refractivity contribution < 1.29 is 0 Å². The summed E-state index contributed by atoms with van der Waals surface area (Å²) >= 11 is 0. The Morgan fingerprint density at radius 3 is 2.15 bits per heavy atom. The highest BCUT2D eigenvalue weighted by molar-refractivity contribution is 4.92. The van der Waals surface area contributed by atoms with Gasteiger partial charge in [-0.25, -0.2) is 0 Å². The van der Waals surface area contributed by atoms with Gasteiger partial charge < -0.3 is 10.6 Å². The van der Waals surface area contributed by atoms with Crippen LogP contribution >= 0.6 is 0 Å². The first-order chi connectivity index (χ1) is 9.55. The quantitative estimate of drug-likeness (QED) is 0.841. The lowest BCUT2D eigenvalue weighted by Gasteiger charge is -2.47. The highest BCUT2D eigenvalue weighted by Crippen LogP contribution is 2.29. The van der Waals surface area contributed by atoms with Gasteiger partial charge in [0.15, 0.2) is 0 Å². The molecule has 0 aromatic heterocycles. The maximum Gasteiger partial charge on any atom is 0.0306 e. The van der Waals surface area contributed by atoms with Crippen LogP contribution in [0, 0.1) is 5.92 Å². The number of hydrogen-bond donors (Lipinski definition) is 1. The van der Waals surface area contributed by atoms with Gasteiger partial charge in [0, 0.05) is 31.2 Å². The average Bonchev–Trinajstić information content (AvgIpc) is 2.47. The minimum atomic E-state index is 0.209. The molecule has 2 N–H and O–H groups in total. The average molecular weight is 281 g/mol. The zero-order valence-corrected chi connectivity index (χ0v) is 13.9. The van der Waals surface area contributed by atoms with E-state index >= 15 is 0 Å². The van der Waals surface area contributed by atoms with Crippen molar-refractivity contribution in [2.45, 2.75) is 70.9 Å². The Hall–Kier alpha value is -0.120. The van der Waals surface area contributed by atoms with E-state index in [0.717, 1.165) is 18.5 Å². The third kappa shape index (κ3) is 3.96. The summed E-state index contributed by atoms with van der Waals surface area (Å²) in [5, 5.41) is 0. The Labute approximate surface area is 125 Å². The molecule has 0 saturated carbocycles. The maximum atomic E-state index is 6.11. The van der Waals surface area contributed by atoms with Crippen LogP contribution in [0.25, 0.3) is 0 Å². The molecule has 0 aromatic carbocycles. The van der Waals surface area contributed by atoms with Gasteiger partial charge in [-0.3, -0.25) is 4.90 Å². The van der Waals surface area contributed by atoms with Crippen molar-refractivity contribution >= 4 is 0 Å². The second-order valence-electron chi connectivity index (χ2n) is 7.61. The summed E-state index contributed by atoms with van der Waals surface area (Å²) in [6.07, 6.45) is 8.16. The van der Waals surface area contributed by atoms with Crippen LogP contribution in [0.1, 0.15) is 59.3 Å². The number of nitrogens with two attached hydrogens (primary N) is 1. The third-order valence-corrected chi connectivity index (χ3v) is 5.42. The molecule has 2 rings (SSSR count). The normalized spacial score (nSPS) is 26.9. The minimum absolute atomic E-state index is 0.209. The molecule has 2 fully saturated rings. The summed E-state index contributed by atoms with van der Waals surface area (Å²) in [5.74, 6) is 0.725. The fraction of sp³-hybridized carbons (Fsp3) is 1.00. The predicted molar refractivity (Wildman–Crippen MR) is 86.9 cm³/mol. The fourth-order valence-corrected chi connectivity index (χ4v) is 4.28. The Kier molecular flexibility index (Phi) is 5.88. The van der Waals surface area contributed by atoms with Gasteiger partial charge in [-0.2, -0.15) is 0 Å². The standard InChI is InChI=1S/C17H35N3/c1-15(2)13-17(3,14-18)20-11-7-16(8-12-20)19-9-5-4-6-10-19/h15-16H,4-14,18H2,1-3H3. The highest BCUT2D eigenvalue weighted by atomic mass is 15.2.